The molecule has 6 nitrogen and oxygen atoms in total. The molecular weight excluding hydrogens is 342 g/mol. The van der Waals surface area contributed by atoms with Gasteiger partial charge in [-0.05, 0) is 49.9 Å². The van der Waals surface area contributed by atoms with Crippen molar-refractivity contribution in [3.8, 4) is 5.75 Å². The molecule has 2 N–H and O–H groups in total. The first kappa shape index (κ1) is 20.1. The topological polar surface area (TPSA) is 67.2 Å². The fraction of sp³-hybridized carbons (Fsp3) is 0.667. The van der Waals surface area contributed by atoms with Crippen LogP contribution in [0.5, 0.6) is 5.75 Å². The zero-order valence-corrected chi connectivity index (χ0v) is 16.4. The first-order valence-corrected chi connectivity index (χ1v) is 10.2. The number of nitrogens with zero attached hydrogens (tertiary/aromatic N) is 3. The van der Waals surface area contributed by atoms with Crippen LogP contribution in [-0.4, -0.2) is 89.8 Å². The number of piperidine rings is 1. The summed E-state index contributed by atoms with van der Waals surface area (Å²) in [6.45, 7) is 6.16. The number of aliphatic hydroxyl groups excluding tert-OH is 1. The van der Waals surface area contributed by atoms with Gasteiger partial charge < -0.3 is 20.0 Å². The van der Waals surface area contributed by atoms with E-state index in [4.69, 9.17) is 0 Å². The molecule has 0 saturated carbocycles. The Hall–Kier alpha value is -1.63. The van der Waals surface area contributed by atoms with Crippen molar-refractivity contribution in [1.29, 1.82) is 0 Å². The van der Waals surface area contributed by atoms with Crippen LogP contribution in [0.1, 0.15) is 24.8 Å². The number of aromatic hydroxyl groups is 1. The number of hydrogen-bond acceptors (Lipinski definition) is 5. The molecule has 2 aliphatic heterocycles. The number of phenolic OH excluding ortho intramolecular Hbond substituents is 1. The standard InChI is InChI=1S/C21H33N3O3/c1-22-9-11-23(12-10-22)20-7-8-24(16-18(20)5-3-13-25)21(27)15-17-4-2-6-19(26)14-17/h2,4,6,14,18,20,25-26H,3,5,7-13,15-16H2,1H3/t18-,20+/m0/s1. The van der Waals surface area contributed by atoms with E-state index >= 15 is 0 Å². The van der Waals surface area contributed by atoms with Crippen LogP contribution in [0.3, 0.4) is 0 Å². The van der Waals surface area contributed by atoms with Crippen LogP contribution in [0.4, 0.5) is 0 Å². The Morgan fingerprint density at radius 3 is 2.67 bits per heavy atom. The number of hydrogen-bond donors (Lipinski definition) is 2. The lowest BCUT2D eigenvalue weighted by molar-refractivity contribution is -0.133. The van der Waals surface area contributed by atoms with Gasteiger partial charge in [-0.1, -0.05) is 12.1 Å². The molecule has 0 aliphatic carbocycles. The lowest BCUT2D eigenvalue weighted by atomic mass is 9.86. The van der Waals surface area contributed by atoms with Crippen molar-refractivity contribution < 1.29 is 15.0 Å². The van der Waals surface area contributed by atoms with Crippen molar-refractivity contribution in [3.63, 3.8) is 0 Å². The molecule has 1 aromatic carbocycles. The second-order valence-electron chi connectivity index (χ2n) is 8.01. The van der Waals surface area contributed by atoms with E-state index in [2.05, 4.69) is 16.8 Å². The molecule has 0 spiro atoms. The average molecular weight is 376 g/mol. The van der Waals surface area contributed by atoms with Crippen LogP contribution < -0.4 is 0 Å². The fourth-order valence-electron chi connectivity index (χ4n) is 4.47. The van der Waals surface area contributed by atoms with Crippen molar-refractivity contribution in [2.24, 2.45) is 5.92 Å². The van der Waals surface area contributed by atoms with Crippen molar-refractivity contribution in [2.75, 3.05) is 52.9 Å². The zero-order valence-electron chi connectivity index (χ0n) is 16.4. The maximum absolute atomic E-state index is 12.8. The number of likely N-dealkylation sites (N-methyl/N-ethyl adjacent to an activating group) is 1. The third-order valence-electron chi connectivity index (χ3n) is 6.05. The quantitative estimate of drug-likeness (QED) is 0.781. The van der Waals surface area contributed by atoms with E-state index in [1.807, 2.05) is 11.0 Å². The first-order valence-electron chi connectivity index (χ1n) is 10.2. The van der Waals surface area contributed by atoms with Crippen molar-refractivity contribution in [2.45, 2.75) is 31.7 Å². The Labute approximate surface area is 162 Å². The number of benzene rings is 1. The van der Waals surface area contributed by atoms with E-state index in [-0.39, 0.29) is 18.3 Å². The predicted molar refractivity (Wildman–Crippen MR) is 106 cm³/mol. The van der Waals surface area contributed by atoms with Gasteiger partial charge in [-0.2, -0.15) is 0 Å². The van der Waals surface area contributed by atoms with Gasteiger partial charge >= 0.3 is 0 Å². The van der Waals surface area contributed by atoms with Crippen LogP contribution in [-0.2, 0) is 11.2 Å². The van der Waals surface area contributed by atoms with Gasteiger partial charge in [0.15, 0.2) is 0 Å². The highest BCUT2D eigenvalue weighted by atomic mass is 16.3. The lowest BCUT2D eigenvalue weighted by Crippen LogP contribution is -2.57. The summed E-state index contributed by atoms with van der Waals surface area (Å²) >= 11 is 0. The minimum atomic E-state index is 0.131. The summed E-state index contributed by atoms with van der Waals surface area (Å²) in [5, 5.41) is 18.9. The Bertz CT molecular complexity index is 616. The summed E-state index contributed by atoms with van der Waals surface area (Å²) in [4.78, 5) is 19.7. The maximum atomic E-state index is 12.8. The van der Waals surface area contributed by atoms with Crippen LogP contribution in [0.2, 0.25) is 0 Å². The smallest absolute Gasteiger partial charge is 0.227 e. The minimum absolute atomic E-state index is 0.131. The molecule has 0 unspecified atom stereocenters. The number of rotatable bonds is 6. The minimum Gasteiger partial charge on any atom is -0.508 e. The van der Waals surface area contributed by atoms with Crippen LogP contribution in [0.15, 0.2) is 24.3 Å². The molecule has 27 heavy (non-hydrogen) atoms. The van der Waals surface area contributed by atoms with Crippen molar-refractivity contribution >= 4 is 5.91 Å². The van der Waals surface area contributed by atoms with E-state index in [1.165, 1.54) is 0 Å². The molecule has 1 aromatic rings. The zero-order chi connectivity index (χ0) is 19.2. The normalized spacial score (nSPS) is 24.9. The van der Waals surface area contributed by atoms with E-state index in [0.29, 0.717) is 18.4 Å². The van der Waals surface area contributed by atoms with Crippen LogP contribution in [0.25, 0.3) is 0 Å². The van der Waals surface area contributed by atoms with Crippen molar-refractivity contribution in [1.82, 2.24) is 14.7 Å². The Morgan fingerprint density at radius 1 is 1.19 bits per heavy atom. The predicted octanol–water partition coefficient (Wildman–Crippen LogP) is 1.17. The number of likely N-dealkylation sites (tertiary alicyclic amines) is 1. The molecular formula is C21H33N3O3. The Kier molecular flexibility index (Phi) is 7.10. The van der Waals surface area contributed by atoms with Gasteiger partial charge in [0.25, 0.3) is 0 Å². The van der Waals surface area contributed by atoms with E-state index in [0.717, 1.165) is 64.1 Å². The van der Waals surface area contributed by atoms with Gasteiger partial charge in [0.05, 0.1) is 6.42 Å². The number of piperazine rings is 1. The number of phenols is 1. The van der Waals surface area contributed by atoms with Gasteiger partial charge in [-0.3, -0.25) is 9.69 Å². The van der Waals surface area contributed by atoms with Crippen LogP contribution in [0, 0.1) is 5.92 Å². The molecule has 6 heteroatoms. The Balaban J connectivity index is 1.61. The summed E-state index contributed by atoms with van der Waals surface area (Å²) in [6.07, 6.45) is 3.10. The highest BCUT2D eigenvalue weighted by Crippen LogP contribution is 2.27. The molecule has 0 bridgehead atoms. The van der Waals surface area contributed by atoms with Gasteiger partial charge in [-0.25, -0.2) is 0 Å². The summed E-state index contributed by atoms with van der Waals surface area (Å²) in [5.41, 5.74) is 0.855. The van der Waals surface area contributed by atoms with E-state index in [1.54, 1.807) is 18.2 Å². The number of aliphatic hydroxyl groups is 1. The second-order valence-corrected chi connectivity index (χ2v) is 8.01. The summed E-state index contributed by atoms with van der Waals surface area (Å²) < 4.78 is 0. The second kappa shape index (κ2) is 9.53. The Morgan fingerprint density at radius 2 is 1.96 bits per heavy atom. The fourth-order valence-corrected chi connectivity index (χ4v) is 4.47. The highest BCUT2D eigenvalue weighted by Gasteiger charge is 2.35. The molecule has 2 saturated heterocycles. The van der Waals surface area contributed by atoms with E-state index in [9.17, 15) is 15.0 Å². The largest absolute Gasteiger partial charge is 0.508 e. The highest BCUT2D eigenvalue weighted by molar-refractivity contribution is 5.79. The van der Waals surface area contributed by atoms with E-state index < -0.39 is 0 Å². The SMILES string of the molecule is CN1CCN([C@@H]2CCN(C(=O)Cc3cccc(O)c3)C[C@@H]2CCCO)CC1. The third-order valence-corrected chi connectivity index (χ3v) is 6.05. The molecule has 0 radical (unpaired) electrons. The summed E-state index contributed by atoms with van der Waals surface area (Å²) in [5.74, 6) is 0.753. The molecule has 2 atom stereocenters. The first-order chi connectivity index (χ1) is 13.1. The number of carbonyl (C=O) groups is 1. The summed E-state index contributed by atoms with van der Waals surface area (Å²) in [7, 11) is 2.17. The lowest BCUT2D eigenvalue weighted by Gasteiger charge is -2.46. The average Bonchev–Trinajstić information content (AvgIpc) is 2.67. The molecule has 150 valence electrons. The summed E-state index contributed by atoms with van der Waals surface area (Å²) in [6, 6.07) is 7.47. The molecule has 2 aliphatic rings. The van der Waals surface area contributed by atoms with Gasteiger partial charge in [0.1, 0.15) is 5.75 Å². The maximum Gasteiger partial charge on any atom is 0.227 e. The monoisotopic (exact) mass is 375 g/mol. The third kappa shape index (κ3) is 5.43. The molecule has 0 aromatic heterocycles. The van der Waals surface area contributed by atoms with Gasteiger partial charge in [0, 0.05) is 51.9 Å². The molecule has 3 rings (SSSR count). The van der Waals surface area contributed by atoms with Gasteiger partial charge in [-0.15, -0.1) is 0 Å². The van der Waals surface area contributed by atoms with Gasteiger partial charge in [0.2, 0.25) is 5.91 Å². The van der Waals surface area contributed by atoms with Crippen LogP contribution >= 0.6 is 0 Å². The van der Waals surface area contributed by atoms with Crippen molar-refractivity contribution in [3.05, 3.63) is 29.8 Å². The molecule has 2 fully saturated rings. The number of amides is 1. The molecule has 2 heterocycles. The molecule has 1 amide bonds. The number of carbonyl (C=O) groups excluding carboxylic acids is 1.